The summed E-state index contributed by atoms with van der Waals surface area (Å²) in [6, 6.07) is 8.94. The molecule has 150 valence electrons. The van der Waals surface area contributed by atoms with E-state index in [1.165, 1.54) is 35.8 Å². The van der Waals surface area contributed by atoms with Crippen molar-refractivity contribution in [1.82, 2.24) is 23.7 Å². The number of hydrogen-bond donors (Lipinski definition) is 0. The highest BCUT2D eigenvalue weighted by molar-refractivity contribution is 7.10. The van der Waals surface area contributed by atoms with Crippen LogP contribution in [0.2, 0.25) is 8.93 Å². The van der Waals surface area contributed by atoms with Crippen molar-refractivity contribution in [2.75, 3.05) is 0 Å². The van der Waals surface area contributed by atoms with Gasteiger partial charge in [0.1, 0.15) is 5.75 Å². The summed E-state index contributed by atoms with van der Waals surface area (Å²) < 4.78 is 48.2. The van der Waals surface area contributed by atoms with E-state index in [-0.39, 0.29) is 10.2 Å². The molecule has 0 atom stereocenters. The first kappa shape index (κ1) is 21.4. The third kappa shape index (κ3) is 6.60. The maximum absolute atomic E-state index is 11.9. The molecule has 0 aliphatic carbocycles. The Morgan fingerprint density at radius 2 is 1.24 bits per heavy atom. The van der Waals surface area contributed by atoms with Crippen LogP contribution in [0.3, 0.4) is 0 Å². The van der Waals surface area contributed by atoms with Crippen molar-refractivity contribution in [3.8, 4) is 28.5 Å². The van der Waals surface area contributed by atoms with Crippen LogP contribution >= 0.6 is 46.3 Å². The number of halogens is 5. The summed E-state index contributed by atoms with van der Waals surface area (Å²) >= 11 is 13.4. The molecular formula is C16H8Cl2F3N5OS2. The van der Waals surface area contributed by atoms with E-state index in [4.69, 9.17) is 23.2 Å². The van der Waals surface area contributed by atoms with Gasteiger partial charge in [0.25, 0.3) is 0 Å². The van der Waals surface area contributed by atoms with Crippen LogP contribution in [0.5, 0.6) is 5.75 Å². The molecule has 0 N–H and O–H groups in total. The maximum atomic E-state index is 11.9. The van der Waals surface area contributed by atoms with Gasteiger partial charge in [0, 0.05) is 23.5 Å². The van der Waals surface area contributed by atoms with Crippen LogP contribution in [-0.4, -0.2) is 30.1 Å². The molecule has 0 amide bonds. The van der Waals surface area contributed by atoms with E-state index in [0.717, 1.165) is 17.1 Å². The molecule has 0 aliphatic rings. The molecule has 6 nitrogen and oxygen atoms in total. The van der Waals surface area contributed by atoms with Crippen molar-refractivity contribution in [2.45, 2.75) is 6.36 Å². The fourth-order valence-electron chi connectivity index (χ4n) is 1.95. The summed E-state index contributed by atoms with van der Waals surface area (Å²) in [5.74, 6) is 0.744. The van der Waals surface area contributed by atoms with E-state index in [1.54, 1.807) is 12.4 Å². The monoisotopic (exact) mass is 477 g/mol. The fraction of sp³-hybridized carbons (Fsp3) is 0.0625. The molecule has 0 bridgehead atoms. The smallest absolute Gasteiger partial charge is 0.406 e. The number of aromatic nitrogens is 5. The highest BCUT2D eigenvalue weighted by Gasteiger charge is 2.31. The number of alkyl halides is 3. The lowest BCUT2D eigenvalue weighted by atomic mass is 10.2. The Bertz CT molecular complexity index is 1060. The average Bonchev–Trinajstić information content (AvgIpc) is 3.31. The van der Waals surface area contributed by atoms with Gasteiger partial charge < -0.3 is 4.74 Å². The largest absolute Gasteiger partial charge is 0.573 e. The van der Waals surface area contributed by atoms with Gasteiger partial charge in [-0.05, 0) is 82.7 Å². The van der Waals surface area contributed by atoms with Gasteiger partial charge in [0.15, 0.2) is 11.6 Å². The lowest BCUT2D eigenvalue weighted by Crippen LogP contribution is -2.16. The topological polar surface area (TPSA) is 73.7 Å². The summed E-state index contributed by atoms with van der Waals surface area (Å²) in [6.07, 6.45) is -1.29. The zero-order chi connectivity index (χ0) is 20.9. The van der Waals surface area contributed by atoms with Gasteiger partial charge in [-0.15, -0.1) is 13.2 Å². The van der Waals surface area contributed by atoms with Crippen molar-refractivity contribution in [3.63, 3.8) is 0 Å². The van der Waals surface area contributed by atoms with E-state index in [9.17, 15) is 13.2 Å². The molecule has 0 aliphatic heterocycles. The van der Waals surface area contributed by atoms with Gasteiger partial charge in [-0.3, -0.25) is 4.98 Å². The van der Waals surface area contributed by atoms with E-state index < -0.39 is 6.36 Å². The lowest BCUT2D eigenvalue weighted by Gasteiger charge is -2.08. The predicted molar refractivity (Wildman–Crippen MR) is 105 cm³/mol. The molecule has 0 radical (unpaired) electrons. The number of rotatable bonds is 3. The first-order valence-corrected chi connectivity index (χ1v) is 9.85. The predicted octanol–water partition coefficient (Wildman–Crippen LogP) is 6.01. The zero-order valence-corrected chi connectivity index (χ0v) is 17.1. The molecule has 3 aromatic heterocycles. The summed E-state index contributed by atoms with van der Waals surface area (Å²) in [5, 5.41) is 0. The van der Waals surface area contributed by atoms with Gasteiger partial charge in [0.05, 0.1) is 0 Å². The van der Waals surface area contributed by atoms with Crippen LogP contribution in [0.25, 0.3) is 22.8 Å². The lowest BCUT2D eigenvalue weighted by molar-refractivity contribution is -0.274. The number of benzene rings is 1. The summed E-state index contributed by atoms with van der Waals surface area (Å²) in [4.78, 5) is 11.8. The molecule has 0 fully saturated rings. The molecule has 0 saturated heterocycles. The fourth-order valence-corrected chi connectivity index (χ4v) is 3.19. The number of ether oxygens (including phenoxy) is 1. The van der Waals surface area contributed by atoms with Crippen molar-refractivity contribution >= 4 is 46.3 Å². The van der Waals surface area contributed by atoms with Gasteiger partial charge in [0.2, 0.25) is 8.93 Å². The Morgan fingerprint density at radius 1 is 0.759 bits per heavy atom. The standard InChI is InChI=1S/C9H4ClF3N2OS.C7H4ClN3S/c10-8-14-7(15-17-8)5-1-3-6(4-2-5)16-9(11,12)13;8-7-10-6(11-12-7)5-1-3-9-4-2-5/h1-4H;1-4H. The van der Waals surface area contributed by atoms with E-state index in [0.29, 0.717) is 21.7 Å². The second-order valence-electron chi connectivity index (χ2n) is 5.05. The normalized spacial score (nSPS) is 10.9. The third-order valence-corrected chi connectivity index (χ3v) is 4.68. The van der Waals surface area contributed by atoms with Crippen LogP contribution in [0.1, 0.15) is 0 Å². The Balaban J connectivity index is 0.000000176. The summed E-state index contributed by atoms with van der Waals surface area (Å²) in [7, 11) is 0. The van der Waals surface area contributed by atoms with Gasteiger partial charge in [-0.2, -0.15) is 8.75 Å². The highest BCUT2D eigenvalue weighted by Crippen LogP contribution is 2.26. The van der Waals surface area contributed by atoms with E-state index in [2.05, 4.69) is 28.4 Å². The Hall–Kier alpha value is -2.34. The molecule has 4 aromatic rings. The van der Waals surface area contributed by atoms with E-state index in [1.807, 2.05) is 12.1 Å². The summed E-state index contributed by atoms with van der Waals surface area (Å²) in [5.41, 5.74) is 1.51. The zero-order valence-electron chi connectivity index (χ0n) is 14.0. The summed E-state index contributed by atoms with van der Waals surface area (Å²) in [6.45, 7) is 0. The number of nitrogens with zero attached hydrogens (tertiary/aromatic N) is 5. The molecule has 0 saturated carbocycles. The number of pyridine rings is 1. The number of hydrogen-bond acceptors (Lipinski definition) is 8. The van der Waals surface area contributed by atoms with Crippen molar-refractivity contribution < 1.29 is 17.9 Å². The molecule has 3 heterocycles. The minimum Gasteiger partial charge on any atom is -0.406 e. The molecule has 29 heavy (non-hydrogen) atoms. The van der Waals surface area contributed by atoms with Crippen LogP contribution in [0, 0.1) is 0 Å². The van der Waals surface area contributed by atoms with Gasteiger partial charge >= 0.3 is 6.36 Å². The second-order valence-corrected chi connectivity index (χ2v) is 7.72. The molecule has 1 aromatic carbocycles. The van der Waals surface area contributed by atoms with Crippen molar-refractivity contribution in [2.24, 2.45) is 0 Å². The molecule has 13 heteroatoms. The third-order valence-electron chi connectivity index (χ3n) is 3.09. The highest BCUT2D eigenvalue weighted by atomic mass is 35.5. The van der Waals surface area contributed by atoms with Gasteiger partial charge in [-0.25, -0.2) is 9.97 Å². The Morgan fingerprint density at radius 3 is 1.66 bits per heavy atom. The minimum absolute atomic E-state index is 0.274. The van der Waals surface area contributed by atoms with Crippen molar-refractivity contribution in [3.05, 3.63) is 57.7 Å². The molecule has 0 unspecified atom stereocenters. The molecular weight excluding hydrogens is 470 g/mol. The average molecular weight is 478 g/mol. The van der Waals surface area contributed by atoms with Gasteiger partial charge in [-0.1, -0.05) is 0 Å². The first-order chi connectivity index (χ1) is 13.8. The SMILES string of the molecule is Clc1nc(-c2ccncc2)ns1.FC(F)(F)Oc1ccc(-c2nsc(Cl)n2)cc1. The first-order valence-electron chi connectivity index (χ1n) is 7.55. The van der Waals surface area contributed by atoms with Crippen LogP contribution < -0.4 is 4.74 Å². The Labute approximate surface area is 180 Å². The second kappa shape index (κ2) is 9.44. The molecule has 4 rings (SSSR count). The van der Waals surface area contributed by atoms with Crippen LogP contribution in [0.15, 0.2) is 48.8 Å². The molecule has 0 spiro atoms. The van der Waals surface area contributed by atoms with Crippen LogP contribution in [0.4, 0.5) is 13.2 Å². The van der Waals surface area contributed by atoms with Crippen LogP contribution in [-0.2, 0) is 0 Å². The van der Waals surface area contributed by atoms with Crippen molar-refractivity contribution in [1.29, 1.82) is 0 Å². The van der Waals surface area contributed by atoms with E-state index >= 15 is 0 Å². The maximum Gasteiger partial charge on any atom is 0.573 e. The quantitative estimate of drug-likeness (QED) is 0.359. The minimum atomic E-state index is -4.69. The Kier molecular flexibility index (Phi) is 6.96.